The topological polar surface area (TPSA) is 140 Å². The number of nitrogens with two attached hydrogens (primary N) is 2. The molecule has 150 valence electrons. The van der Waals surface area contributed by atoms with Gasteiger partial charge in [-0.15, -0.1) is 0 Å². The lowest BCUT2D eigenvalue weighted by atomic mass is 9.78. The highest BCUT2D eigenvalue weighted by molar-refractivity contribution is 5.76. The molecule has 0 saturated carbocycles. The van der Waals surface area contributed by atoms with Crippen molar-refractivity contribution < 1.29 is 32.7 Å². The van der Waals surface area contributed by atoms with Gasteiger partial charge in [-0.3, -0.25) is 19.5 Å². The SMILES string of the molecule is NC(=O)CN1CCC(CC(N)=O)(Cc2cccnc2)C1.O=C(O)C(F)(F)F. The fourth-order valence-electron chi connectivity index (χ4n) is 3.04. The Kier molecular flexibility index (Phi) is 7.70. The lowest BCUT2D eigenvalue weighted by Gasteiger charge is -2.28. The lowest BCUT2D eigenvalue weighted by molar-refractivity contribution is -0.192. The van der Waals surface area contributed by atoms with Crippen LogP contribution in [0.1, 0.15) is 18.4 Å². The highest BCUT2D eigenvalue weighted by Crippen LogP contribution is 2.37. The van der Waals surface area contributed by atoms with Gasteiger partial charge in [0.25, 0.3) is 0 Å². The van der Waals surface area contributed by atoms with E-state index in [9.17, 15) is 22.8 Å². The third-order valence-corrected chi connectivity index (χ3v) is 3.99. The molecule has 1 aliphatic heterocycles. The molecule has 27 heavy (non-hydrogen) atoms. The van der Waals surface area contributed by atoms with E-state index in [1.165, 1.54) is 0 Å². The molecule has 1 unspecified atom stereocenters. The number of carboxylic acids is 1. The van der Waals surface area contributed by atoms with Gasteiger partial charge in [-0.2, -0.15) is 13.2 Å². The van der Waals surface area contributed by atoms with Crippen LogP contribution in [-0.4, -0.2) is 58.6 Å². The summed E-state index contributed by atoms with van der Waals surface area (Å²) >= 11 is 0. The van der Waals surface area contributed by atoms with Crippen LogP contribution in [0.25, 0.3) is 0 Å². The maximum atomic E-state index is 11.4. The van der Waals surface area contributed by atoms with Crippen LogP contribution in [0.5, 0.6) is 0 Å². The molecule has 1 aliphatic rings. The number of alkyl halides is 3. The van der Waals surface area contributed by atoms with E-state index in [1.54, 1.807) is 12.4 Å². The van der Waals surface area contributed by atoms with E-state index in [-0.39, 0.29) is 23.8 Å². The number of hydrogen-bond donors (Lipinski definition) is 3. The first-order valence-electron chi connectivity index (χ1n) is 7.91. The summed E-state index contributed by atoms with van der Waals surface area (Å²) in [4.78, 5) is 37.4. The standard InChI is InChI=1S/C14H20N4O2.C2HF3O2/c15-12(19)7-14(6-11-2-1-4-17-8-11)3-5-18(10-14)9-13(16)20;3-2(4,5)1(6)7/h1-2,4,8H,3,5-7,9-10H2,(H2,15,19)(H2,16,20);(H,6,7). The van der Waals surface area contributed by atoms with Gasteiger partial charge in [-0.05, 0) is 36.4 Å². The van der Waals surface area contributed by atoms with Gasteiger partial charge in [-0.1, -0.05) is 6.07 Å². The molecule has 1 aromatic rings. The second kappa shape index (κ2) is 9.31. The van der Waals surface area contributed by atoms with Gasteiger partial charge in [0.2, 0.25) is 11.8 Å². The Labute approximate surface area is 153 Å². The maximum Gasteiger partial charge on any atom is 0.490 e. The Morgan fingerprint density at radius 1 is 1.26 bits per heavy atom. The first-order valence-corrected chi connectivity index (χ1v) is 7.91. The number of amides is 2. The van der Waals surface area contributed by atoms with Gasteiger partial charge in [0, 0.05) is 25.4 Å². The van der Waals surface area contributed by atoms with Crippen LogP contribution in [-0.2, 0) is 20.8 Å². The summed E-state index contributed by atoms with van der Waals surface area (Å²) in [6, 6.07) is 3.87. The van der Waals surface area contributed by atoms with Gasteiger partial charge >= 0.3 is 12.1 Å². The Bertz CT molecular complexity index is 669. The number of halogens is 3. The van der Waals surface area contributed by atoms with E-state index in [4.69, 9.17) is 21.4 Å². The van der Waals surface area contributed by atoms with E-state index >= 15 is 0 Å². The van der Waals surface area contributed by atoms with Gasteiger partial charge in [0.05, 0.1) is 6.54 Å². The van der Waals surface area contributed by atoms with Crippen molar-refractivity contribution in [2.45, 2.75) is 25.4 Å². The maximum absolute atomic E-state index is 11.4. The molecule has 0 bridgehead atoms. The number of hydrogen-bond acceptors (Lipinski definition) is 5. The van der Waals surface area contributed by atoms with E-state index < -0.39 is 12.1 Å². The molecule has 1 fully saturated rings. The largest absolute Gasteiger partial charge is 0.490 e. The Morgan fingerprint density at radius 2 is 1.89 bits per heavy atom. The monoisotopic (exact) mass is 390 g/mol. The van der Waals surface area contributed by atoms with Crippen molar-refractivity contribution in [3.8, 4) is 0 Å². The minimum Gasteiger partial charge on any atom is -0.475 e. The van der Waals surface area contributed by atoms with Crippen molar-refractivity contribution in [3.05, 3.63) is 30.1 Å². The van der Waals surface area contributed by atoms with Crippen molar-refractivity contribution >= 4 is 17.8 Å². The minimum atomic E-state index is -5.08. The molecule has 0 aliphatic carbocycles. The zero-order valence-corrected chi connectivity index (χ0v) is 14.4. The second-order valence-corrected chi connectivity index (χ2v) is 6.41. The highest BCUT2D eigenvalue weighted by atomic mass is 19.4. The number of carbonyl (C=O) groups is 3. The summed E-state index contributed by atoms with van der Waals surface area (Å²) in [5.41, 5.74) is 11.5. The first kappa shape index (κ1) is 22.4. The predicted molar refractivity (Wildman–Crippen MR) is 88.1 cm³/mol. The van der Waals surface area contributed by atoms with Gasteiger partial charge < -0.3 is 16.6 Å². The van der Waals surface area contributed by atoms with Gasteiger partial charge in [0.1, 0.15) is 0 Å². The molecule has 2 heterocycles. The highest BCUT2D eigenvalue weighted by Gasteiger charge is 2.40. The van der Waals surface area contributed by atoms with E-state index in [0.29, 0.717) is 13.0 Å². The number of primary amides is 2. The molecule has 1 atom stereocenters. The normalized spacial score (nSPS) is 19.8. The zero-order valence-electron chi connectivity index (χ0n) is 14.4. The molecule has 8 nitrogen and oxygen atoms in total. The summed E-state index contributed by atoms with van der Waals surface area (Å²) < 4.78 is 31.7. The fourth-order valence-corrected chi connectivity index (χ4v) is 3.04. The number of aliphatic carboxylic acids is 1. The zero-order chi connectivity index (χ0) is 20.7. The van der Waals surface area contributed by atoms with Crippen LogP contribution in [0.2, 0.25) is 0 Å². The lowest BCUT2D eigenvalue weighted by Crippen LogP contribution is -2.37. The summed E-state index contributed by atoms with van der Waals surface area (Å²) in [7, 11) is 0. The molecule has 5 N–H and O–H groups in total. The molecule has 11 heteroatoms. The van der Waals surface area contributed by atoms with Crippen LogP contribution in [0.4, 0.5) is 13.2 Å². The van der Waals surface area contributed by atoms with Crippen molar-refractivity contribution in [2.75, 3.05) is 19.6 Å². The Hall–Kier alpha value is -2.69. The Morgan fingerprint density at radius 3 is 2.33 bits per heavy atom. The summed E-state index contributed by atoms with van der Waals surface area (Å²) in [6.07, 6.45) is 0.325. The molecule has 2 amide bonds. The summed E-state index contributed by atoms with van der Waals surface area (Å²) in [6.45, 7) is 1.65. The molecule has 1 aromatic heterocycles. The number of nitrogens with zero attached hydrogens (tertiary/aromatic N) is 2. The summed E-state index contributed by atoms with van der Waals surface area (Å²) in [5, 5.41) is 7.12. The Balaban J connectivity index is 0.000000445. The van der Waals surface area contributed by atoms with Crippen LogP contribution in [0.15, 0.2) is 24.5 Å². The molecule has 0 spiro atoms. The molecule has 0 aromatic carbocycles. The number of rotatable bonds is 6. The minimum absolute atomic E-state index is 0.218. The first-order chi connectivity index (χ1) is 12.4. The second-order valence-electron chi connectivity index (χ2n) is 6.41. The van der Waals surface area contributed by atoms with Crippen molar-refractivity contribution in [3.63, 3.8) is 0 Å². The third-order valence-electron chi connectivity index (χ3n) is 3.99. The van der Waals surface area contributed by atoms with Crippen molar-refractivity contribution in [1.29, 1.82) is 0 Å². The third kappa shape index (κ3) is 8.03. The molecule has 1 saturated heterocycles. The van der Waals surface area contributed by atoms with Crippen LogP contribution in [0.3, 0.4) is 0 Å². The fraction of sp³-hybridized carbons (Fsp3) is 0.500. The summed E-state index contributed by atoms with van der Waals surface area (Å²) in [5.74, 6) is -3.41. The van der Waals surface area contributed by atoms with Gasteiger partial charge in [-0.25, -0.2) is 4.79 Å². The molecular formula is C16H21F3N4O4. The number of aromatic nitrogens is 1. The molecule has 0 radical (unpaired) electrons. The number of pyridine rings is 1. The predicted octanol–water partition coefficient (Wildman–Crippen LogP) is 0.310. The van der Waals surface area contributed by atoms with Crippen molar-refractivity contribution in [1.82, 2.24) is 9.88 Å². The number of carboxylic acid groups (broad SMARTS) is 1. The van der Waals surface area contributed by atoms with Crippen molar-refractivity contribution in [2.24, 2.45) is 16.9 Å². The smallest absolute Gasteiger partial charge is 0.475 e. The van der Waals surface area contributed by atoms with E-state index in [0.717, 1.165) is 24.9 Å². The average molecular weight is 390 g/mol. The van der Waals surface area contributed by atoms with Crippen LogP contribution < -0.4 is 11.5 Å². The molecule has 2 rings (SSSR count). The van der Waals surface area contributed by atoms with Gasteiger partial charge in [0.15, 0.2) is 0 Å². The number of carbonyl (C=O) groups excluding carboxylic acids is 2. The average Bonchev–Trinajstić information content (AvgIpc) is 2.88. The van der Waals surface area contributed by atoms with Crippen LogP contribution in [0, 0.1) is 5.41 Å². The number of likely N-dealkylation sites (tertiary alicyclic amines) is 1. The quantitative estimate of drug-likeness (QED) is 0.639. The molecular weight excluding hydrogens is 369 g/mol. The van der Waals surface area contributed by atoms with E-state index in [2.05, 4.69) is 4.98 Å². The van der Waals surface area contributed by atoms with Crippen LogP contribution >= 0.6 is 0 Å². The van der Waals surface area contributed by atoms with E-state index in [1.807, 2.05) is 17.0 Å².